The topological polar surface area (TPSA) is 3.24 Å². The third-order valence-corrected chi connectivity index (χ3v) is 2.43. The smallest absolute Gasteiger partial charge is 0.138 e. The molecule has 2 atom stereocenters. The minimum Gasteiger partial charge on any atom is -0.300 e. The molecule has 1 rings (SSSR count). The van der Waals surface area contributed by atoms with Gasteiger partial charge in [0.05, 0.1) is 6.04 Å². The molecule has 74 valence electrons. The van der Waals surface area contributed by atoms with Gasteiger partial charge in [-0.2, -0.15) is 0 Å². The lowest BCUT2D eigenvalue weighted by molar-refractivity contribution is 0.226. The van der Waals surface area contributed by atoms with Crippen molar-refractivity contribution >= 4 is 0 Å². The van der Waals surface area contributed by atoms with Crippen LogP contribution < -0.4 is 0 Å². The monoisotopic (exact) mass is 183 g/mol. The highest BCUT2D eigenvalue weighted by Crippen LogP contribution is 2.22. The molecule has 0 N–H and O–H groups in total. The van der Waals surface area contributed by atoms with Crippen LogP contribution in [0.5, 0.6) is 0 Å². The van der Waals surface area contributed by atoms with Gasteiger partial charge in [-0.05, 0) is 31.7 Å². The molecule has 0 aromatic carbocycles. The zero-order valence-electron chi connectivity index (χ0n) is 8.79. The van der Waals surface area contributed by atoms with Crippen molar-refractivity contribution in [2.45, 2.75) is 26.1 Å². The van der Waals surface area contributed by atoms with Crippen LogP contribution in [-0.2, 0) is 0 Å². The lowest BCUT2D eigenvalue weighted by atomic mass is 9.93. The fraction of sp³-hybridized carbons (Fsp3) is 0.636. The fourth-order valence-corrected chi connectivity index (χ4v) is 1.50. The molecule has 1 nitrogen and oxygen atoms in total. The summed E-state index contributed by atoms with van der Waals surface area (Å²) in [5.41, 5.74) is 1.10. The van der Waals surface area contributed by atoms with Crippen LogP contribution in [0.1, 0.15) is 13.8 Å². The molecular weight excluding hydrogens is 165 g/mol. The SMILES string of the molecule is CC(C)C1=CC(F)[C@@H](N(C)C)C=C1. The van der Waals surface area contributed by atoms with E-state index in [0.29, 0.717) is 5.92 Å². The van der Waals surface area contributed by atoms with Crippen LogP contribution in [0.4, 0.5) is 4.39 Å². The van der Waals surface area contributed by atoms with Crippen LogP contribution in [0.2, 0.25) is 0 Å². The van der Waals surface area contributed by atoms with Crippen molar-refractivity contribution < 1.29 is 4.39 Å². The number of rotatable bonds is 2. The molecule has 1 unspecified atom stereocenters. The van der Waals surface area contributed by atoms with Crippen molar-refractivity contribution in [1.29, 1.82) is 0 Å². The molecule has 0 radical (unpaired) electrons. The minimum absolute atomic E-state index is 0.0949. The van der Waals surface area contributed by atoms with Crippen molar-refractivity contribution in [3.8, 4) is 0 Å². The van der Waals surface area contributed by atoms with Gasteiger partial charge in [-0.1, -0.05) is 26.0 Å². The molecule has 0 amide bonds. The van der Waals surface area contributed by atoms with Crippen molar-refractivity contribution in [2.24, 2.45) is 5.92 Å². The number of likely N-dealkylation sites (N-methyl/N-ethyl adjacent to an activating group) is 1. The van der Waals surface area contributed by atoms with Crippen LogP contribution in [0.3, 0.4) is 0 Å². The molecule has 1 aliphatic carbocycles. The molecule has 0 fully saturated rings. The number of halogens is 1. The van der Waals surface area contributed by atoms with Gasteiger partial charge >= 0.3 is 0 Å². The Bertz CT molecular complexity index is 228. The molecule has 0 aliphatic heterocycles. The fourth-order valence-electron chi connectivity index (χ4n) is 1.50. The maximum absolute atomic E-state index is 13.5. The Hall–Kier alpha value is -0.630. The first-order chi connectivity index (χ1) is 6.02. The third kappa shape index (κ3) is 2.41. The molecule has 0 spiro atoms. The molecule has 0 saturated heterocycles. The predicted octanol–water partition coefficient (Wildman–Crippen LogP) is 2.41. The summed E-state index contributed by atoms with van der Waals surface area (Å²) in [4.78, 5) is 1.90. The second-order valence-corrected chi connectivity index (χ2v) is 4.08. The predicted molar refractivity (Wildman–Crippen MR) is 54.4 cm³/mol. The highest BCUT2D eigenvalue weighted by atomic mass is 19.1. The van der Waals surface area contributed by atoms with Gasteiger partial charge in [-0.15, -0.1) is 0 Å². The van der Waals surface area contributed by atoms with Crippen molar-refractivity contribution in [1.82, 2.24) is 4.90 Å². The molecule has 0 aromatic rings. The molecule has 0 heterocycles. The summed E-state index contributed by atoms with van der Waals surface area (Å²) in [5.74, 6) is 0.414. The van der Waals surface area contributed by atoms with Crippen LogP contribution >= 0.6 is 0 Å². The summed E-state index contributed by atoms with van der Waals surface area (Å²) in [6.07, 6.45) is 4.85. The normalized spacial score (nSPS) is 28.4. The first kappa shape index (κ1) is 10.5. The molecule has 0 saturated carbocycles. The Morgan fingerprint density at radius 3 is 2.38 bits per heavy atom. The van der Waals surface area contributed by atoms with Crippen LogP contribution in [0.15, 0.2) is 23.8 Å². The van der Waals surface area contributed by atoms with Crippen molar-refractivity contribution in [3.05, 3.63) is 23.8 Å². The third-order valence-electron chi connectivity index (χ3n) is 2.43. The van der Waals surface area contributed by atoms with Crippen LogP contribution in [0, 0.1) is 5.92 Å². The van der Waals surface area contributed by atoms with E-state index in [1.165, 1.54) is 0 Å². The van der Waals surface area contributed by atoms with Crippen molar-refractivity contribution in [2.75, 3.05) is 14.1 Å². The average Bonchev–Trinajstić information content (AvgIpc) is 2.03. The first-order valence-electron chi connectivity index (χ1n) is 4.72. The van der Waals surface area contributed by atoms with E-state index < -0.39 is 6.17 Å². The number of alkyl halides is 1. The second kappa shape index (κ2) is 4.05. The van der Waals surface area contributed by atoms with Gasteiger partial charge in [0.15, 0.2) is 0 Å². The lowest BCUT2D eigenvalue weighted by Crippen LogP contribution is -2.35. The largest absolute Gasteiger partial charge is 0.300 e. The van der Waals surface area contributed by atoms with Crippen LogP contribution in [0.25, 0.3) is 0 Å². The molecule has 0 aromatic heterocycles. The number of nitrogens with zero attached hydrogens (tertiary/aromatic N) is 1. The van der Waals surface area contributed by atoms with E-state index in [1.54, 1.807) is 6.08 Å². The summed E-state index contributed by atoms with van der Waals surface area (Å²) in [6, 6.07) is -0.0949. The summed E-state index contributed by atoms with van der Waals surface area (Å²) in [6.45, 7) is 4.16. The average molecular weight is 183 g/mol. The Kier molecular flexibility index (Phi) is 3.26. The van der Waals surface area contributed by atoms with E-state index in [0.717, 1.165) is 5.57 Å². The number of allylic oxidation sites excluding steroid dienone is 2. The zero-order chi connectivity index (χ0) is 10.0. The molecular formula is C11H18FN. The maximum Gasteiger partial charge on any atom is 0.138 e. The Morgan fingerprint density at radius 2 is 2.00 bits per heavy atom. The van der Waals surface area contributed by atoms with Gasteiger partial charge in [0, 0.05) is 0 Å². The van der Waals surface area contributed by atoms with E-state index in [4.69, 9.17) is 0 Å². The zero-order valence-corrected chi connectivity index (χ0v) is 8.79. The van der Waals surface area contributed by atoms with Gasteiger partial charge in [0.25, 0.3) is 0 Å². The van der Waals surface area contributed by atoms with Gasteiger partial charge in [-0.25, -0.2) is 4.39 Å². The van der Waals surface area contributed by atoms with Gasteiger partial charge in [0.2, 0.25) is 0 Å². The second-order valence-electron chi connectivity index (χ2n) is 4.08. The van der Waals surface area contributed by atoms with Gasteiger partial charge in [-0.3, -0.25) is 0 Å². The lowest BCUT2D eigenvalue weighted by Gasteiger charge is -2.27. The minimum atomic E-state index is -0.864. The highest BCUT2D eigenvalue weighted by Gasteiger charge is 2.22. The van der Waals surface area contributed by atoms with E-state index in [2.05, 4.69) is 13.8 Å². The van der Waals surface area contributed by atoms with E-state index in [-0.39, 0.29) is 6.04 Å². The Morgan fingerprint density at radius 1 is 1.38 bits per heavy atom. The summed E-state index contributed by atoms with van der Waals surface area (Å²) in [5, 5.41) is 0. The van der Waals surface area contributed by atoms with Gasteiger partial charge in [0.1, 0.15) is 6.17 Å². The Balaban J connectivity index is 2.73. The highest BCUT2D eigenvalue weighted by molar-refractivity contribution is 5.29. The molecule has 13 heavy (non-hydrogen) atoms. The van der Waals surface area contributed by atoms with Crippen molar-refractivity contribution in [3.63, 3.8) is 0 Å². The molecule has 1 aliphatic rings. The van der Waals surface area contributed by atoms with E-state index >= 15 is 0 Å². The van der Waals surface area contributed by atoms with Gasteiger partial charge < -0.3 is 4.90 Å². The van der Waals surface area contributed by atoms with E-state index in [1.807, 2.05) is 31.1 Å². The molecule has 0 bridgehead atoms. The van der Waals surface area contributed by atoms with Crippen LogP contribution in [-0.4, -0.2) is 31.2 Å². The summed E-state index contributed by atoms with van der Waals surface area (Å²) in [7, 11) is 3.80. The summed E-state index contributed by atoms with van der Waals surface area (Å²) < 4.78 is 13.5. The molecule has 2 heteroatoms. The maximum atomic E-state index is 13.5. The number of hydrogen-bond donors (Lipinski definition) is 0. The van der Waals surface area contributed by atoms with E-state index in [9.17, 15) is 4.39 Å². The first-order valence-corrected chi connectivity index (χ1v) is 4.72. The number of hydrogen-bond acceptors (Lipinski definition) is 1. The quantitative estimate of drug-likeness (QED) is 0.635. The standard InChI is InChI=1S/C11H18FN/c1-8(2)9-5-6-11(13(3)4)10(12)7-9/h5-8,10-11H,1-4H3/t10?,11-/m0/s1. The Labute approximate surface area is 79.9 Å². The summed E-state index contributed by atoms with van der Waals surface area (Å²) >= 11 is 0.